The zero-order chi connectivity index (χ0) is 7.28. The van der Waals surface area contributed by atoms with Crippen LogP contribution >= 0.6 is 8.03 Å². The van der Waals surface area contributed by atoms with Crippen LogP contribution in [0.3, 0.4) is 0 Å². The van der Waals surface area contributed by atoms with Crippen LogP contribution in [0.1, 0.15) is 27.2 Å². The second-order valence-electron chi connectivity index (χ2n) is 2.06. The molecule has 10 heavy (non-hydrogen) atoms. The first-order chi connectivity index (χ1) is 4.20. The van der Waals surface area contributed by atoms with Gasteiger partial charge >= 0.3 is 0 Å². The minimum absolute atomic E-state index is 0. The minimum Gasteiger partial charge on any atom is -0.327 e. The first-order valence-corrected chi connectivity index (χ1v) is 4.92. The molecule has 0 heterocycles. The van der Waals surface area contributed by atoms with Gasteiger partial charge in [-0.05, 0) is 13.3 Å². The third-order valence-electron chi connectivity index (χ3n) is 1.20. The van der Waals surface area contributed by atoms with Gasteiger partial charge in [0, 0.05) is 6.16 Å². The van der Waals surface area contributed by atoms with Crippen molar-refractivity contribution in [1.82, 2.24) is 0 Å². The second-order valence-corrected chi connectivity index (χ2v) is 3.75. The van der Waals surface area contributed by atoms with Gasteiger partial charge in [-0.2, -0.15) is 0 Å². The molecule has 62 valence electrons. The molecule has 0 aliphatic heterocycles. The SMILES string of the molecule is CCC(C)O[PH](=O)CC.[AlH3]. The lowest BCUT2D eigenvalue weighted by atomic mass is 10.3. The summed E-state index contributed by atoms with van der Waals surface area (Å²) in [6, 6.07) is 0. The molecule has 0 aromatic carbocycles. The van der Waals surface area contributed by atoms with E-state index in [0.29, 0.717) is 6.16 Å². The van der Waals surface area contributed by atoms with Crippen molar-refractivity contribution in [3.05, 3.63) is 0 Å². The molecule has 2 nitrogen and oxygen atoms in total. The maximum absolute atomic E-state index is 10.7. The normalized spacial score (nSPS) is 15.5. The Hall–Kier alpha value is 0.722. The van der Waals surface area contributed by atoms with Gasteiger partial charge in [-0.1, -0.05) is 13.8 Å². The topological polar surface area (TPSA) is 26.3 Å². The van der Waals surface area contributed by atoms with Crippen LogP contribution in [0.2, 0.25) is 0 Å². The maximum Gasteiger partial charge on any atom is 0.191 e. The van der Waals surface area contributed by atoms with Crippen LogP contribution in [0.15, 0.2) is 0 Å². The van der Waals surface area contributed by atoms with Crippen molar-refractivity contribution < 1.29 is 9.09 Å². The van der Waals surface area contributed by atoms with E-state index >= 15 is 0 Å². The first kappa shape index (κ1) is 13.3. The van der Waals surface area contributed by atoms with Crippen LogP contribution in [0.5, 0.6) is 0 Å². The zero-order valence-corrected chi connectivity index (χ0v) is 7.31. The van der Waals surface area contributed by atoms with Crippen LogP contribution in [-0.2, 0) is 9.09 Å². The summed E-state index contributed by atoms with van der Waals surface area (Å²) in [7, 11) is -1.69. The van der Waals surface area contributed by atoms with Gasteiger partial charge in [0.05, 0.1) is 6.10 Å². The molecular formula is C6H18AlO2P. The van der Waals surface area contributed by atoms with Crippen molar-refractivity contribution in [3.63, 3.8) is 0 Å². The summed E-state index contributed by atoms with van der Waals surface area (Å²) in [5.74, 6) is 0. The molecule has 0 spiro atoms. The van der Waals surface area contributed by atoms with Gasteiger partial charge in [-0.15, -0.1) is 0 Å². The molecule has 0 N–H and O–H groups in total. The molecule has 0 bridgehead atoms. The van der Waals surface area contributed by atoms with E-state index < -0.39 is 8.03 Å². The fourth-order valence-corrected chi connectivity index (χ4v) is 1.17. The number of hydrogen-bond acceptors (Lipinski definition) is 2. The van der Waals surface area contributed by atoms with Crippen LogP contribution in [0.25, 0.3) is 0 Å². The summed E-state index contributed by atoms with van der Waals surface area (Å²) in [5.41, 5.74) is 0. The summed E-state index contributed by atoms with van der Waals surface area (Å²) in [4.78, 5) is 0. The molecule has 2 atom stereocenters. The Morgan fingerprint density at radius 1 is 1.50 bits per heavy atom. The van der Waals surface area contributed by atoms with E-state index in [0.717, 1.165) is 6.42 Å². The predicted molar refractivity (Wildman–Crippen MR) is 50.3 cm³/mol. The number of rotatable bonds is 4. The van der Waals surface area contributed by atoms with Gasteiger partial charge in [-0.3, -0.25) is 4.57 Å². The molecule has 0 saturated heterocycles. The summed E-state index contributed by atoms with van der Waals surface area (Å²) >= 11 is 0. The summed E-state index contributed by atoms with van der Waals surface area (Å²) in [5, 5.41) is 0. The lowest BCUT2D eigenvalue weighted by Crippen LogP contribution is -1.99. The molecule has 0 aromatic heterocycles. The third kappa shape index (κ3) is 6.84. The van der Waals surface area contributed by atoms with E-state index in [1.165, 1.54) is 0 Å². The second kappa shape index (κ2) is 7.83. The molecule has 0 aliphatic carbocycles. The van der Waals surface area contributed by atoms with Gasteiger partial charge in [0.25, 0.3) is 0 Å². The fourth-order valence-electron chi connectivity index (χ4n) is 0.391. The van der Waals surface area contributed by atoms with Crippen molar-refractivity contribution in [2.24, 2.45) is 0 Å². The molecule has 0 aliphatic rings. The Morgan fingerprint density at radius 3 is 2.30 bits per heavy atom. The Kier molecular flexibility index (Phi) is 10.4. The van der Waals surface area contributed by atoms with E-state index in [1.54, 1.807) is 0 Å². The highest BCUT2D eigenvalue weighted by Crippen LogP contribution is 2.23. The van der Waals surface area contributed by atoms with Crippen molar-refractivity contribution in [2.45, 2.75) is 33.3 Å². The fraction of sp³-hybridized carbons (Fsp3) is 1.00. The number of hydrogen-bond donors (Lipinski definition) is 0. The Labute approximate surface area is 74.3 Å². The molecule has 0 radical (unpaired) electrons. The van der Waals surface area contributed by atoms with E-state index in [4.69, 9.17) is 4.52 Å². The van der Waals surface area contributed by atoms with Gasteiger partial charge < -0.3 is 4.52 Å². The molecule has 4 heteroatoms. The van der Waals surface area contributed by atoms with Gasteiger partial charge in [0.15, 0.2) is 25.4 Å². The smallest absolute Gasteiger partial charge is 0.191 e. The van der Waals surface area contributed by atoms with Crippen molar-refractivity contribution in [2.75, 3.05) is 6.16 Å². The van der Waals surface area contributed by atoms with E-state index in [2.05, 4.69) is 0 Å². The predicted octanol–water partition coefficient (Wildman–Crippen LogP) is 1.11. The van der Waals surface area contributed by atoms with Gasteiger partial charge in [0.2, 0.25) is 0 Å². The molecule has 0 fully saturated rings. The van der Waals surface area contributed by atoms with Gasteiger partial charge in [0.1, 0.15) is 0 Å². The highest BCUT2D eigenvalue weighted by Gasteiger charge is 2.01. The molecule has 0 rings (SSSR count). The monoisotopic (exact) mass is 180 g/mol. The maximum atomic E-state index is 10.7. The van der Waals surface area contributed by atoms with Crippen LogP contribution < -0.4 is 0 Å². The largest absolute Gasteiger partial charge is 0.327 e. The zero-order valence-electron chi connectivity index (χ0n) is 6.31. The van der Waals surface area contributed by atoms with E-state index in [1.807, 2.05) is 20.8 Å². The summed E-state index contributed by atoms with van der Waals surface area (Å²) < 4.78 is 15.8. The molecule has 0 saturated carbocycles. The summed E-state index contributed by atoms with van der Waals surface area (Å²) in [6.07, 6.45) is 1.77. The van der Waals surface area contributed by atoms with Gasteiger partial charge in [-0.25, -0.2) is 0 Å². The lowest BCUT2D eigenvalue weighted by molar-refractivity contribution is 0.231. The third-order valence-corrected chi connectivity index (χ3v) is 2.44. The Balaban J connectivity index is 0. The highest BCUT2D eigenvalue weighted by atomic mass is 31.1. The van der Waals surface area contributed by atoms with Crippen LogP contribution in [-0.4, -0.2) is 29.6 Å². The highest BCUT2D eigenvalue weighted by molar-refractivity contribution is 7.39. The van der Waals surface area contributed by atoms with E-state index in [-0.39, 0.29) is 23.5 Å². The molecule has 0 amide bonds. The average molecular weight is 180 g/mol. The van der Waals surface area contributed by atoms with Crippen molar-refractivity contribution >= 4 is 25.4 Å². The van der Waals surface area contributed by atoms with Crippen molar-refractivity contribution in [3.8, 4) is 0 Å². The molecule has 2 unspecified atom stereocenters. The Morgan fingerprint density at radius 2 is 2.00 bits per heavy atom. The van der Waals surface area contributed by atoms with Crippen LogP contribution in [0, 0.1) is 0 Å². The molecule has 0 aromatic rings. The molecular weight excluding hydrogens is 162 g/mol. The van der Waals surface area contributed by atoms with E-state index in [9.17, 15) is 4.57 Å². The quantitative estimate of drug-likeness (QED) is 0.478. The summed E-state index contributed by atoms with van der Waals surface area (Å²) in [6.45, 7) is 5.84. The Bertz CT molecular complexity index is 97.7. The minimum atomic E-state index is -1.69. The van der Waals surface area contributed by atoms with Crippen molar-refractivity contribution in [1.29, 1.82) is 0 Å². The standard InChI is InChI=1S/C6H15O2P.Al.3H/c1-4-6(3)8-9(7)5-2;;;;/h6,9H,4-5H2,1-3H3;;;;. The first-order valence-electron chi connectivity index (χ1n) is 3.40. The lowest BCUT2D eigenvalue weighted by Gasteiger charge is -2.07. The van der Waals surface area contributed by atoms with Crippen LogP contribution in [0.4, 0.5) is 0 Å². The average Bonchev–Trinajstić information content (AvgIpc) is 1.87.